The van der Waals surface area contributed by atoms with Crippen molar-refractivity contribution in [1.29, 1.82) is 0 Å². The zero-order valence-corrected chi connectivity index (χ0v) is 26.1. The van der Waals surface area contributed by atoms with E-state index in [1.54, 1.807) is 0 Å². The number of ether oxygens (including phenoxy) is 1. The van der Waals surface area contributed by atoms with Crippen LogP contribution in [0, 0.1) is 5.92 Å². The molecule has 1 aliphatic carbocycles. The van der Waals surface area contributed by atoms with Gasteiger partial charge in [0, 0.05) is 60.5 Å². The second-order valence-corrected chi connectivity index (χ2v) is 14.6. The van der Waals surface area contributed by atoms with Crippen molar-refractivity contribution >= 4 is 22.3 Å². The van der Waals surface area contributed by atoms with Crippen LogP contribution in [-0.2, 0) is 19.4 Å². The minimum Gasteiger partial charge on any atom is -0.508 e. The largest absolute Gasteiger partial charge is 0.508 e. The van der Waals surface area contributed by atoms with E-state index >= 15 is 0 Å². The third-order valence-electron chi connectivity index (χ3n) is 12.1. The molecule has 2 N–H and O–H groups in total. The lowest BCUT2D eigenvalue weighted by atomic mass is 9.90. The molecule has 5 atom stereocenters. The van der Waals surface area contributed by atoms with Crippen molar-refractivity contribution in [1.82, 2.24) is 20.2 Å². The van der Waals surface area contributed by atoms with Crippen LogP contribution in [-0.4, -0.2) is 76.4 Å². The summed E-state index contributed by atoms with van der Waals surface area (Å²) >= 11 is 0. The summed E-state index contributed by atoms with van der Waals surface area (Å²) in [5.41, 5.74) is 4.94. The van der Waals surface area contributed by atoms with Gasteiger partial charge in [-0.3, -0.25) is 4.90 Å². The van der Waals surface area contributed by atoms with Gasteiger partial charge in [0.15, 0.2) is 0 Å². The molecule has 2 bridgehead atoms. The van der Waals surface area contributed by atoms with Crippen LogP contribution in [0.15, 0.2) is 30.3 Å². The second kappa shape index (κ2) is 10.5. The molecule has 0 spiro atoms. The van der Waals surface area contributed by atoms with Gasteiger partial charge in [-0.2, -0.15) is 9.97 Å². The van der Waals surface area contributed by atoms with Gasteiger partial charge in [-0.15, -0.1) is 0 Å². The van der Waals surface area contributed by atoms with E-state index in [-0.39, 0.29) is 5.54 Å². The van der Waals surface area contributed by atoms with Gasteiger partial charge in [0.05, 0.1) is 17.8 Å². The minimum atomic E-state index is 0.159. The van der Waals surface area contributed by atoms with Crippen molar-refractivity contribution in [3.8, 4) is 11.8 Å². The van der Waals surface area contributed by atoms with Crippen molar-refractivity contribution < 1.29 is 9.84 Å². The molecular formula is C36H46N6O2. The van der Waals surface area contributed by atoms with Crippen LogP contribution < -0.4 is 19.9 Å². The van der Waals surface area contributed by atoms with Gasteiger partial charge in [0.1, 0.15) is 18.2 Å². The molecule has 1 aromatic heterocycles. The number of aromatic hydroxyl groups is 1. The first-order valence-corrected chi connectivity index (χ1v) is 17.4. The summed E-state index contributed by atoms with van der Waals surface area (Å²) in [5.74, 6) is 2.26. The number of piperazine rings is 1. The number of rotatable bonds is 6. The SMILES string of the molecule is CCc1cccc2cc(O)cc(N3CCc4c(nc(OCC56CCCN5C5CCCC5C6)nc4N4CC5CCC(C4)N5)C3)c12. The topological polar surface area (TPSA) is 77.0 Å². The summed E-state index contributed by atoms with van der Waals surface area (Å²) in [5, 5.41) is 16.9. The summed E-state index contributed by atoms with van der Waals surface area (Å²) in [6.07, 6.45) is 12.2. The molecule has 4 saturated heterocycles. The molecule has 6 heterocycles. The number of aryl methyl sites for hydroxylation is 1. The number of nitrogens with zero attached hydrogens (tertiary/aromatic N) is 5. The van der Waals surface area contributed by atoms with E-state index in [0.29, 0.717) is 37.0 Å². The van der Waals surface area contributed by atoms with Crippen LogP contribution in [0.5, 0.6) is 11.8 Å². The zero-order valence-electron chi connectivity index (χ0n) is 26.1. The van der Waals surface area contributed by atoms with Crippen molar-refractivity contribution in [3.63, 3.8) is 0 Å². The standard InChI is InChI=1S/C36H46N6O2/c1-2-23-6-3-7-24-16-28(43)17-32(33(23)24)40-15-12-29-30(21-40)38-35(39-34(29)41-19-26-10-11-27(20-41)37-26)44-22-36-13-5-14-42(36)31-9-4-8-25(31)18-36/h3,6-7,16-17,25-27,31,37,43H,2,4-5,8-15,18-22H2,1H3. The lowest BCUT2D eigenvalue weighted by Crippen LogP contribution is -2.52. The Kier molecular flexibility index (Phi) is 6.49. The smallest absolute Gasteiger partial charge is 0.318 e. The van der Waals surface area contributed by atoms with Crippen LogP contribution >= 0.6 is 0 Å². The molecular weight excluding hydrogens is 548 g/mol. The normalized spacial score (nSPS) is 31.0. The van der Waals surface area contributed by atoms with Crippen LogP contribution in [0.3, 0.4) is 0 Å². The fourth-order valence-electron chi connectivity index (χ4n) is 10.2. The molecule has 232 valence electrons. The summed E-state index contributed by atoms with van der Waals surface area (Å²) in [4.78, 5) is 18.2. The Hall–Kier alpha value is -3.10. The molecule has 2 aromatic carbocycles. The fourth-order valence-corrected chi connectivity index (χ4v) is 10.2. The zero-order chi connectivity index (χ0) is 29.4. The Labute approximate surface area is 260 Å². The maximum absolute atomic E-state index is 10.7. The van der Waals surface area contributed by atoms with E-state index in [1.165, 1.54) is 74.4 Å². The summed E-state index contributed by atoms with van der Waals surface area (Å²) < 4.78 is 6.73. The van der Waals surface area contributed by atoms with E-state index in [2.05, 4.69) is 45.1 Å². The van der Waals surface area contributed by atoms with Crippen molar-refractivity contribution in [2.45, 2.75) is 101 Å². The first-order valence-electron chi connectivity index (χ1n) is 17.4. The lowest BCUT2D eigenvalue weighted by molar-refractivity contribution is 0.0829. The van der Waals surface area contributed by atoms with Gasteiger partial charge in [-0.25, -0.2) is 0 Å². The summed E-state index contributed by atoms with van der Waals surface area (Å²) in [7, 11) is 0. The number of benzene rings is 2. The maximum atomic E-state index is 10.7. The van der Waals surface area contributed by atoms with Crippen molar-refractivity contribution in [3.05, 3.63) is 47.2 Å². The lowest BCUT2D eigenvalue weighted by Gasteiger charge is -2.38. The first kappa shape index (κ1) is 27.2. The predicted molar refractivity (Wildman–Crippen MR) is 174 cm³/mol. The fraction of sp³-hybridized carbons (Fsp3) is 0.611. The molecule has 5 aliphatic heterocycles. The quantitative estimate of drug-likeness (QED) is 0.404. The first-order chi connectivity index (χ1) is 21.6. The van der Waals surface area contributed by atoms with Gasteiger partial charge in [0.25, 0.3) is 0 Å². The Morgan fingerprint density at radius 1 is 1.02 bits per heavy atom. The molecule has 44 heavy (non-hydrogen) atoms. The Morgan fingerprint density at radius 2 is 1.91 bits per heavy atom. The molecule has 9 rings (SSSR count). The highest BCUT2D eigenvalue weighted by atomic mass is 16.5. The van der Waals surface area contributed by atoms with Gasteiger partial charge in [0.2, 0.25) is 0 Å². The Balaban J connectivity index is 1.07. The van der Waals surface area contributed by atoms with Crippen molar-refractivity contribution in [2.75, 3.05) is 42.6 Å². The Morgan fingerprint density at radius 3 is 2.77 bits per heavy atom. The summed E-state index contributed by atoms with van der Waals surface area (Å²) in [6, 6.07) is 12.7. The average molecular weight is 595 g/mol. The highest BCUT2D eigenvalue weighted by Crippen LogP contribution is 2.51. The number of phenols is 1. The minimum absolute atomic E-state index is 0.159. The van der Waals surface area contributed by atoms with E-state index in [9.17, 15) is 5.11 Å². The van der Waals surface area contributed by atoms with Gasteiger partial charge >= 0.3 is 6.01 Å². The molecule has 5 fully saturated rings. The van der Waals surface area contributed by atoms with Crippen LogP contribution in [0.1, 0.15) is 75.1 Å². The summed E-state index contributed by atoms with van der Waals surface area (Å²) in [6.45, 7) is 7.70. The highest BCUT2D eigenvalue weighted by Gasteiger charge is 2.55. The predicted octanol–water partition coefficient (Wildman–Crippen LogP) is 5.19. The second-order valence-electron chi connectivity index (χ2n) is 14.6. The molecule has 8 nitrogen and oxygen atoms in total. The molecule has 3 aromatic rings. The average Bonchev–Trinajstić information content (AvgIpc) is 3.80. The molecule has 0 radical (unpaired) electrons. The third-order valence-corrected chi connectivity index (χ3v) is 12.1. The number of nitrogens with one attached hydrogen (secondary N) is 1. The number of anilines is 2. The number of hydrogen-bond acceptors (Lipinski definition) is 8. The van der Waals surface area contributed by atoms with Crippen molar-refractivity contribution in [2.24, 2.45) is 5.92 Å². The highest BCUT2D eigenvalue weighted by molar-refractivity contribution is 5.98. The maximum Gasteiger partial charge on any atom is 0.318 e. The number of hydrogen-bond donors (Lipinski definition) is 2. The molecule has 8 heteroatoms. The van der Waals surface area contributed by atoms with Crippen LogP contribution in [0.4, 0.5) is 11.5 Å². The Bertz CT molecular complexity index is 1580. The number of aromatic nitrogens is 2. The molecule has 0 amide bonds. The molecule has 5 unspecified atom stereocenters. The van der Waals surface area contributed by atoms with Gasteiger partial charge in [-0.05, 0) is 87.3 Å². The third kappa shape index (κ3) is 4.38. The van der Waals surface area contributed by atoms with Crippen LogP contribution in [0.25, 0.3) is 10.8 Å². The monoisotopic (exact) mass is 594 g/mol. The number of phenolic OH excluding ortho intramolecular Hbond substituents is 1. The van der Waals surface area contributed by atoms with Gasteiger partial charge < -0.3 is 25.0 Å². The van der Waals surface area contributed by atoms with E-state index in [1.807, 2.05) is 12.1 Å². The van der Waals surface area contributed by atoms with E-state index in [4.69, 9.17) is 14.7 Å². The van der Waals surface area contributed by atoms with E-state index in [0.717, 1.165) is 67.0 Å². The molecule has 1 saturated carbocycles. The van der Waals surface area contributed by atoms with E-state index < -0.39 is 0 Å². The molecule has 6 aliphatic rings. The van der Waals surface area contributed by atoms with Crippen LogP contribution in [0.2, 0.25) is 0 Å². The van der Waals surface area contributed by atoms with Gasteiger partial charge in [-0.1, -0.05) is 31.5 Å². The number of fused-ring (bicyclic) bond motifs is 7.